The highest BCUT2D eigenvalue weighted by atomic mass is 16.5. The van der Waals surface area contributed by atoms with E-state index in [1.54, 1.807) is 30.1 Å². The van der Waals surface area contributed by atoms with Crippen LogP contribution in [-0.2, 0) is 11.3 Å². The molecule has 1 aliphatic rings. The molecule has 1 aliphatic carbocycles. The molecule has 1 amide bonds. The lowest BCUT2D eigenvalue weighted by Gasteiger charge is -2.11. The number of amides is 1. The summed E-state index contributed by atoms with van der Waals surface area (Å²) < 4.78 is 12.0. The van der Waals surface area contributed by atoms with Gasteiger partial charge in [-0.3, -0.25) is 9.48 Å². The Hall–Kier alpha value is -2.97. The molecule has 0 radical (unpaired) electrons. The Morgan fingerprint density at radius 2 is 2.29 bits per heavy atom. The predicted molar refractivity (Wildman–Crippen MR) is 80.6 cm³/mol. The summed E-state index contributed by atoms with van der Waals surface area (Å²) >= 11 is 0. The molecule has 0 aromatic carbocycles. The summed E-state index contributed by atoms with van der Waals surface area (Å²) in [5, 5.41) is 14.6. The Labute approximate surface area is 137 Å². The van der Waals surface area contributed by atoms with Crippen LogP contribution in [0.4, 0.5) is 0 Å². The monoisotopic (exact) mass is 328 g/mol. The van der Waals surface area contributed by atoms with E-state index >= 15 is 0 Å². The third kappa shape index (κ3) is 2.92. The van der Waals surface area contributed by atoms with E-state index < -0.39 is 6.04 Å². The first kappa shape index (κ1) is 14.6. The van der Waals surface area contributed by atoms with E-state index in [0.717, 1.165) is 18.6 Å². The van der Waals surface area contributed by atoms with Crippen LogP contribution in [0.3, 0.4) is 0 Å². The summed E-state index contributed by atoms with van der Waals surface area (Å²) in [4.78, 5) is 16.3. The van der Waals surface area contributed by atoms with Crippen molar-refractivity contribution in [3.63, 3.8) is 0 Å². The smallest absolute Gasteiger partial charge is 0.246 e. The minimum absolute atomic E-state index is 0.144. The van der Waals surface area contributed by atoms with Gasteiger partial charge in [0, 0.05) is 24.4 Å². The van der Waals surface area contributed by atoms with E-state index in [4.69, 9.17) is 9.05 Å². The molecule has 0 bridgehead atoms. The van der Waals surface area contributed by atoms with Gasteiger partial charge in [0.15, 0.2) is 5.69 Å². The molecule has 0 spiro atoms. The minimum Gasteiger partial charge on any atom is -0.360 e. The van der Waals surface area contributed by atoms with E-state index in [1.807, 2.05) is 6.07 Å². The van der Waals surface area contributed by atoms with Crippen LogP contribution in [0.5, 0.6) is 0 Å². The lowest BCUT2D eigenvalue weighted by atomic mass is 10.3. The molecule has 1 atom stereocenters. The van der Waals surface area contributed by atoms with Gasteiger partial charge in [-0.15, -0.1) is 0 Å². The Bertz CT molecular complexity index is 833. The van der Waals surface area contributed by atoms with Gasteiger partial charge in [0.2, 0.25) is 17.6 Å². The molecule has 4 rings (SSSR count). The molecular formula is C15H16N6O3. The Balaban J connectivity index is 1.37. The first-order valence-corrected chi connectivity index (χ1v) is 7.77. The van der Waals surface area contributed by atoms with Crippen LogP contribution < -0.4 is 5.32 Å². The van der Waals surface area contributed by atoms with Gasteiger partial charge in [0.1, 0.15) is 11.8 Å². The number of hydrogen-bond donors (Lipinski definition) is 1. The van der Waals surface area contributed by atoms with Crippen LogP contribution in [0, 0.1) is 0 Å². The molecule has 1 N–H and O–H groups in total. The van der Waals surface area contributed by atoms with Crippen molar-refractivity contribution in [1.29, 1.82) is 0 Å². The molecule has 0 saturated heterocycles. The normalized spacial score (nSPS) is 15.4. The third-order valence-electron chi connectivity index (χ3n) is 3.92. The van der Waals surface area contributed by atoms with Crippen molar-refractivity contribution in [3.05, 3.63) is 36.2 Å². The summed E-state index contributed by atoms with van der Waals surface area (Å²) in [7, 11) is 0. The molecular weight excluding hydrogens is 312 g/mol. The summed E-state index contributed by atoms with van der Waals surface area (Å²) in [6, 6.07) is 3.19. The van der Waals surface area contributed by atoms with Crippen LogP contribution in [0.15, 0.2) is 33.6 Å². The summed E-state index contributed by atoms with van der Waals surface area (Å²) in [6.45, 7) is 1.90. The standard InChI is InChI=1S/C15H16N6O3/c1-9(21-6-2-5-17-21)15(22)16-8-13-18-14(20-24-13)11-7-12(23-19-11)10-3-4-10/h2,5-7,9-10H,3-4,8H2,1H3,(H,16,22)/t9-/m1/s1. The second-order valence-electron chi connectivity index (χ2n) is 5.78. The molecule has 9 nitrogen and oxygen atoms in total. The number of rotatable bonds is 6. The topological polar surface area (TPSA) is 112 Å². The molecule has 9 heteroatoms. The second-order valence-corrected chi connectivity index (χ2v) is 5.78. The van der Waals surface area contributed by atoms with Crippen LogP contribution in [0.2, 0.25) is 0 Å². The van der Waals surface area contributed by atoms with E-state index in [0.29, 0.717) is 23.3 Å². The van der Waals surface area contributed by atoms with E-state index in [2.05, 4.69) is 25.7 Å². The minimum atomic E-state index is -0.418. The number of carbonyl (C=O) groups excluding carboxylic acids is 1. The summed E-state index contributed by atoms with van der Waals surface area (Å²) in [6.07, 6.45) is 5.62. The molecule has 1 fully saturated rings. The molecule has 0 unspecified atom stereocenters. The van der Waals surface area contributed by atoms with Crippen molar-refractivity contribution in [2.45, 2.75) is 38.3 Å². The fourth-order valence-corrected chi connectivity index (χ4v) is 2.33. The van der Waals surface area contributed by atoms with Gasteiger partial charge in [0.05, 0.1) is 6.54 Å². The van der Waals surface area contributed by atoms with Crippen molar-refractivity contribution in [3.8, 4) is 11.5 Å². The number of nitrogens with zero attached hydrogens (tertiary/aromatic N) is 5. The average Bonchev–Trinajstić information content (AvgIpc) is 3.05. The van der Waals surface area contributed by atoms with Crippen molar-refractivity contribution in [2.24, 2.45) is 0 Å². The van der Waals surface area contributed by atoms with Gasteiger partial charge in [-0.1, -0.05) is 10.3 Å². The number of aromatic nitrogens is 5. The van der Waals surface area contributed by atoms with Gasteiger partial charge in [-0.2, -0.15) is 10.1 Å². The quantitative estimate of drug-likeness (QED) is 0.732. The summed E-state index contributed by atoms with van der Waals surface area (Å²) in [5.41, 5.74) is 0.545. The van der Waals surface area contributed by atoms with Crippen molar-refractivity contribution >= 4 is 5.91 Å². The molecule has 3 aromatic rings. The van der Waals surface area contributed by atoms with Gasteiger partial charge in [-0.25, -0.2) is 0 Å². The van der Waals surface area contributed by atoms with Crippen molar-refractivity contribution in [1.82, 2.24) is 30.4 Å². The zero-order valence-corrected chi connectivity index (χ0v) is 13.0. The SMILES string of the molecule is C[C@H](C(=O)NCc1nc(-c2cc(C3CC3)on2)no1)n1cccn1. The predicted octanol–water partition coefficient (Wildman–Crippen LogP) is 1.68. The van der Waals surface area contributed by atoms with Crippen LogP contribution in [0.1, 0.15) is 43.4 Å². The molecule has 3 heterocycles. The van der Waals surface area contributed by atoms with Gasteiger partial charge in [0.25, 0.3) is 0 Å². The Morgan fingerprint density at radius 1 is 1.42 bits per heavy atom. The maximum Gasteiger partial charge on any atom is 0.246 e. The van der Waals surface area contributed by atoms with E-state index in [1.165, 1.54) is 0 Å². The first-order chi connectivity index (χ1) is 11.7. The molecule has 124 valence electrons. The number of hydrogen-bond acceptors (Lipinski definition) is 7. The van der Waals surface area contributed by atoms with Gasteiger partial charge < -0.3 is 14.4 Å². The highest BCUT2D eigenvalue weighted by Gasteiger charge is 2.28. The van der Waals surface area contributed by atoms with Crippen LogP contribution in [0.25, 0.3) is 11.5 Å². The van der Waals surface area contributed by atoms with E-state index in [-0.39, 0.29) is 12.5 Å². The first-order valence-electron chi connectivity index (χ1n) is 7.77. The fraction of sp³-hybridized carbons (Fsp3) is 0.400. The average molecular weight is 328 g/mol. The highest BCUT2D eigenvalue weighted by molar-refractivity contribution is 5.79. The number of nitrogens with one attached hydrogen (secondary N) is 1. The van der Waals surface area contributed by atoms with Crippen molar-refractivity contribution in [2.75, 3.05) is 0 Å². The van der Waals surface area contributed by atoms with Crippen LogP contribution in [-0.4, -0.2) is 31.0 Å². The molecule has 3 aromatic heterocycles. The largest absolute Gasteiger partial charge is 0.360 e. The third-order valence-corrected chi connectivity index (χ3v) is 3.92. The lowest BCUT2D eigenvalue weighted by Crippen LogP contribution is -2.30. The maximum absolute atomic E-state index is 12.1. The lowest BCUT2D eigenvalue weighted by molar-refractivity contribution is -0.124. The van der Waals surface area contributed by atoms with Crippen LogP contribution >= 0.6 is 0 Å². The van der Waals surface area contributed by atoms with E-state index in [9.17, 15) is 4.79 Å². The zero-order chi connectivity index (χ0) is 16.5. The van der Waals surface area contributed by atoms with Gasteiger partial charge >= 0.3 is 0 Å². The number of carbonyl (C=O) groups is 1. The second kappa shape index (κ2) is 5.91. The molecule has 1 saturated carbocycles. The van der Waals surface area contributed by atoms with Crippen molar-refractivity contribution < 1.29 is 13.8 Å². The Morgan fingerprint density at radius 3 is 3.04 bits per heavy atom. The summed E-state index contributed by atoms with van der Waals surface area (Å²) in [5.74, 6) is 1.81. The molecule has 0 aliphatic heterocycles. The molecule has 24 heavy (non-hydrogen) atoms. The Kier molecular flexibility index (Phi) is 3.60. The fourth-order valence-electron chi connectivity index (χ4n) is 2.33. The maximum atomic E-state index is 12.1. The highest BCUT2D eigenvalue weighted by Crippen LogP contribution is 2.40. The zero-order valence-electron chi connectivity index (χ0n) is 13.0. The van der Waals surface area contributed by atoms with Gasteiger partial charge in [-0.05, 0) is 25.8 Å².